The Balaban J connectivity index is 2.65. The molecule has 6 nitrogen and oxygen atoms in total. The number of ether oxygens (including phenoxy) is 1. The fourth-order valence-electron chi connectivity index (χ4n) is 1.55. The van der Waals surface area contributed by atoms with Crippen LogP contribution in [0.3, 0.4) is 0 Å². The molecule has 0 amide bonds. The van der Waals surface area contributed by atoms with Crippen LogP contribution in [0.25, 0.3) is 11.2 Å². The second kappa shape index (κ2) is 3.96. The van der Waals surface area contributed by atoms with Gasteiger partial charge in [-0.1, -0.05) is 0 Å². The van der Waals surface area contributed by atoms with Gasteiger partial charge in [0.1, 0.15) is 6.33 Å². The normalized spacial score (nSPS) is 10.8. The summed E-state index contributed by atoms with van der Waals surface area (Å²) in [7, 11) is 5.74. The number of hydrogen-bond acceptors (Lipinski definition) is 5. The molecule has 0 N–H and O–H groups in total. The van der Waals surface area contributed by atoms with Crippen LogP contribution in [0.1, 0.15) is 6.92 Å². The van der Waals surface area contributed by atoms with E-state index in [1.807, 2.05) is 37.5 Å². The number of imidazole rings is 1. The Morgan fingerprint density at radius 2 is 2.12 bits per heavy atom. The third kappa shape index (κ3) is 1.56. The van der Waals surface area contributed by atoms with Crippen molar-refractivity contribution in [3.8, 4) is 6.01 Å². The molecule has 2 heterocycles. The average Bonchev–Trinajstić information content (AvgIpc) is 2.57. The van der Waals surface area contributed by atoms with Gasteiger partial charge in [0, 0.05) is 21.1 Å². The molecule has 0 unspecified atom stereocenters. The monoisotopic (exact) mass is 221 g/mol. The lowest BCUT2D eigenvalue weighted by molar-refractivity contribution is 0.304. The van der Waals surface area contributed by atoms with Crippen molar-refractivity contribution in [2.45, 2.75) is 6.92 Å². The Bertz CT molecular complexity index is 505. The van der Waals surface area contributed by atoms with Crippen LogP contribution >= 0.6 is 0 Å². The predicted octanol–water partition coefficient (Wildman–Crippen LogP) is 0.828. The van der Waals surface area contributed by atoms with E-state index in [1.165, 1.54) is 6.33 Å². The number of hydrogen-bond donors (Lipinski definition) is 0. The fourth-order valence-corrected chi connectivity index (χ4v) is 1.55. The van der Waals surface area contributed by atoms with E-state index in [2.05, 4.69) is 15.0 Å². The van der Waals surface area contributed by atoms with Gasteiger partial charge < -0.3 is 9.64 Å². The molecule has 2 rings (SSSR count). The molecule has 0 radical (unpaired) electrons. The molecule has 0 aliphatic carbocycles. The first kappa shape index (κ1) is 10.7. The quantitative estimate of drug-likeness (QED) is 0.768. The van der Waals surface area contributed by atoms with E-state index in [9.17, 15) is 0 Å². The van der Waals surface area contributed by atoms with Crippen molar-refractivity contribution >= 4 is 17.0 Å². The zero-order chi connectivity index (χ0) is 11.7. The number of nitrogens with zero attached hydrogens (tertiary/aromatic N) is 5. The van der Waals surface area contributed by atoms with Crippen molar-refractivity contribution in [2.75, 3.05) is 25.6 Å². The highest BCUT2D eigenvalue weighted by atomic mass is 16.5. The van der Waals surface area contributed by atoms with Gasteiger partial charge in [0.05, 0.1) is 6.61 Å². The van der Waals surface area contributed by atoms with E-state index >= 15 is 0 Å². The maximum absolute atomic E-state index is 5.42. The first-order valence-corrected chi connectivity index (χ1v) is 5.12. The van der Waals surface area contributed by atoms with Gasteiger partial charge in [-0.05, 0) is 6.92 Å². The molecule has 0 saturated heterocycles. The van der Waals surface area contributed by atoms with Crippen molar-refractivity contribution in [1.82, 2.24) is 19.5 Å². The van der Waals surface area contributed by atoms with E-state index in [4.69, 9.17) is 4.74 Å². The van der Waals surface area contributed by atoms with Crippen LogP contribution in [0.2, 0.25) is 0 Å². The fraction of sp³-hybridized carbons (Fsp3) is 0.500. The molecule has 2 aromatic rings. The van der Waals surface area contributed by atoms with Crippen LogP contribution in [0.5, 0.6) is 6.01 Å². The molecular weight excluding hydrogens is 206 g/mol. The van der Waals surface area contributed by atoms with Crippen LogP contribution in [0.4, 0.5) is 5.82 Å². The molecule has 2 aromatic heterocycles. The van der Waals surface area contributed by atoms with Gasteiger partial charge in [-0.2, -0.15) is 4.98 Å². The van der Waals surface area contributed by atoms with E-state index < -0.39 is 0 Å². The zero-order valence-electron chi connectivity index (χ0n) is 9.93. The number of aromatic nitrogens is 4. The lowest BCUT2D eigenvalue weighted by Gasteiger charge is -2.10. The second-order valence-electron chi connectivity index (χ2n) is 3.65. The van der Waals surface area contributed by atoms with Crippen LogP contribution < -0.4 is 9.64 Å². The maximum Gasteiger partial charge on any atom is 0.298 e. The Labute approximate surface area is 93.9 Å². The van der Waals surface area contributed by atoms with Crippen molar-refractivity contribution in [3.05, 3.63) is 6.33 Å². The molecule has 0 atom stereocenters. The molecule has 0 aliphatic heterocycles. The van der Waals surface area contributed by atoms with Gasteiger partial charge in [-0.15, -0.1) is 0 Å². The van der Waals surface area contributed by atoms with E-state index in [-0.39, 0.29) is 0 Å². The van der Waals surface area contributed by atoms with Crippen molar-refractivity contribution in [2.24, 2.45) is 7.05 Å². The average molecular weight is 221 g/mol. The largest absolute Gasteiger partial charge is 0.465 e. The number of aryl methyl sites for hydroxylation is 1. The molecule has 6 heteroatoms. The summed E-state index contributed by atoms with van der Waals surface area (Å²) in [6, 6.07) is 0.570. The Morgan fingerprint density at radius 3 is 2.75 bits per heavy atom. The highest BCUT2D eigenvalue weighted by molar-refractivity contribution is 5.84. The van der Waals surface area contributed by atoms with Crippen LogP contribution in [-0.4, -0.2) is 40.2 Å². The minimum absolute atomic E-state index is 0.570. The summed E-state index contributed by atoms with van der Waals surface area (Å²) in [4.78, 5) is 14.7. The topological polar surface area (TPSA) is 56.1 Å². The SMILES string of the molecule is CCOc1nc2c(N(C)C)ncnc2n1C. The molecule has 0 spiro atoms. The molecule has 0 saturated carbocycles. The summed E-state index contributed by atoms with van der Waals surface area (Å²) in [5.41, 5.74) is 1.54. The van der Waals surface area contributed by atoms with Crippen molar-refractivity contribution < 1.29 is 4.74 Å². The number of rotatable bonds is 3. The van der Waals surface area contributed by atoms with Crippen LogP contribution in [0.15, 0.2) is 6.33 Å². The van der Waals surface area contributed by atoms with Crippen LogP contribution in [0, 0.1) is 0 Å². The summed E-state index contributed by atoms with van der Waals surface area (Å²) in [5.74, 6) is 0.798. The van der Waals surface area contributed by atoms with Gasteiger partial charge in [-0.25, -0.2) is 9.97 Å². The Kier molecular flexibility index (Phi) is 2.64. The van der Waals surface area contributed by atoms with Gasteiger partial charge in [0.2, 0.25) is 0 Å². The van der Waals surface area contributed by atoms with Crippen molar-refractivity contribution in [1.29, 1.82) is 0 Å². The Hall–Kier alpha value is -1.85. The number of anilines is 1. The summed E-state index contributed by atoms with van der Waals surface area (Å²) >= 11 is 0. The molecule has 86 valence electrons. The minimum atomic E-state index is 0.570. The third-order valence-electron chi connectivity index (χ3n) is 2.29. The first-order valence-electron chi connectivity index (χ1n) is 5.12. The van der Waals surface area contributed by atoms with E-state index in [0.29, 0.717) is 12.6 Å². The van der Waals surface area contributed by atoms with Gasteiger partial charge in [-0.3, -0.25) is 4.57 Å². The standard InChI is InChI=1S/C10H15N5O/c1-5-16-10-13-7-8(14(2)3)11-6-12-9(7)15(10)4/h6H,5H2,1-4H3. The molecule has 0 bridgehead atoms. The summed E-state index contributed by atoms with van der Waals surface area (Å²) in [6.07, 6.45) is 1.54. The lowest BCUT2D eigenvalue weighted by atomic mass is 10.5. The van der Waals surface area contributed by atoms with Crippen LogP contribution in [-0.2, 0) is 7.05 Å². The Morgan fingerprint density at radius 1 is 1.38 bits per heavy atom. The maximum atomic E-state index is 5.42. The molecular formula is C10H15N5O. The van der Waals surface area contributed by atoms with Gasteiger partial charge >= 0.3 is 0 Å². The summed E-state index contributed by atoms with van der Waals surface area (Å²) in [5, 5.41) is 0. The summed E-state index contributed by atoms with van der Waals surface area (Å²) < 4.78 is 7.25. The minimum Gasteiger partial charge on any atom is -0.465 e. The predicted molar refractivity (Wildman–Crippen MR) is 61.8 cm³/mol. The summed E-state index contributed by atoms with van der Waals surface area (Å²) in [6.45, 7) is 2.51. The smallest absolute Gasteiger partial charge is 0.298 e. The molecule has 0 aromatic carbocycles. The molecule has 0 aliphatic rings. The highest BCUT2D eigenvalue weighted by Gasteiger charge is 2.14. The molecule has 16 heavy (non-hydrogen) atoms. The van der Waals surface area contributed by atoms with Gasteiger partial charge in [0.15, 0.2) is 17.0 Å². The lowest BCUT2D eigenvalue weighted by Crippen LogP contribution is -2.11. The molecule has 0 fully saturated rings. The van der Waals surface area contributed by atoms with E-state index in [1.54, 1.807) is 0 Å². The van der Waals surface area contributed by atoms with Gasteiger partial charge in [0.25, 0.3) is 6.01 Å². The third-order valence-corrected chi connectivity index (χ3v) is 2.29. The van der Waals surface area contributed by atoms with Crippen molar-refractivity contribution in [3.63, 3.8) is 0 Å². The first-order chi connectivity index (χ1) is 7.65. The second-order valence-corrected chi connectivity index (χ2v) is 3.65. The number of fused-ring (bicyclic) bond motifs is 1. The van der Waals surface area contributed by atoms with E-state index in [0.717, 1.165) is 17.0 Å². The zero-order valence-corrected chi connectivity index (χ0v) is 9.93. The highest BCUT2D eigenvalue weighted by Crippen LogP contribution is 2.24.